The van der Waals surface area contributed by atoms with Crippen molar-refractivity contribution in [2.75, 3.05) is 6.61 Å². The van der Waals surface area contributed by atoms with E-state index >= 15 is 0 Å². The second-order valence-electron chi connectivity index (χ2n) is 10.1. The Labute approximate surface area is 177 Å². The maximum Gasteiger partial charge on any atom is 0.333 e. The van der Waals surface area contributed by atoms with Crippen molar-refractivity contribution in [2.45, 2.75) is 89.3 Å². The first-order valence-corrected chi connectivity index (χ1v) is 11.0. The van der Waals surface area contributed by atoms with Crippen LogP contribution in [0.2, 0.25) is 0 Å². The van der Waals surface area contributed by atoms with Gasteiger partial charge < -0.3 is 18.9 Å². The van der Waals surface area contributed by atoms with Crippen LogP contribution in [-0.2, 0) is 33.3 Å². The van der Waals surface area contributed by atoms with Crippen molar-refractivity contribution in [1.82, 2.24) is 0 Å². The SMILES string of the molecule is C=C(C)C(=O)OCC1CC(CC(=O)OC23CC4CC(C2)C(=O)C(C4)C3)OC(C)(C)O1. The minimum atomic E-state index is -0.892. The number of carbonyl (C=O) groups excluding carboxylic acids is 3. The lowest BCUT2D eigenvalue weighted by Gasteiger charge is -2.54. The van der Waals surface area contributed by atoms with Gasteiger partial charge in [0.05, 0.1) is 18.6 Å². The molecule has 30 heavy (non-hydrogen) atoms. The van der Waals surface area contributed by atoms with Crippen LogP contribution in [0.4, 0.5) is 0 Å². The summed E-state index contributed by atoms with van der Waals surface area (Å²) in [5.41, 5.74) is -0.144. The lowest BCUT2D eigenvalue weighted by molar-refractivity contribution is -0.305. The molecule has 0 amide bonds. The van der Waals surface area contributed by atoms with Gasteiger partial charge in [-0.1, -0.05) is 6.58 Å². The summed E-state index contributed by atoms with van der Waals surface area (Å²) >= 11 is 0. The molecule has 4 aliphatic carbocycles. The Balaban J connectivity index is 1.34. The maximum atomic E-state index is 12.8. The van der Waals surface area contributed by atoms with Crippen molar-refractivity contribution in [1.29, 1.82) is 0 Å². The first kappa shape index (κ1) is 21.5. The van der Waals surface area contributed by atoms with E-state index in [1.165, 1.54) is 0 Å². The molecule has 0 spiro atoms. The number of ketones is 1. The van der Waals surface area contributed by atoms with E-state index in [0.717, 1.165) is 19.3 Å². The molecule has 1 aliphatic heterocycles. The number of rotatable bonds is 6. The van der Waals surface area contributed by atoms with Gasteiger partial charge in [0, 0.05) is 23.8 Å². The maximum absolute atomic E-state index is 12.8. The molecule has 5 fully saturated rings. The number of Topliss-reactive ketones (excluding diaryl/α,β-unsaturated/α-hetero) is 1. The van der Waals surface area contributed by atoms with Gasteiger partial charge in [0.1, 0.15) is 18.0 Å². The summed E-state index contributed by atoms with van der Waals surface area (Å²) < 4.78 is 23.0. The molecule has 0 radical (unpaired) electrons. The third-order valence-corrected chi connectivity index (χ3v) is 6.84. The summed E-state index contributed by atoms with van der Waals surface area (Å²) in [7, 11) is 0. The van der Waals surface area contributed by atoms with Crippen molar-refractivity contribution in [3.63, 3.8) is 0 Å². The van der Waals surface area contributed by atoms with E-state index in [9.17, 15) is 14.4 Å². The zero-order valence-corrected chi connectivity index (χ0v) is 18.1. The first-order valence-electron chi connectivity index (χ1n) is 11.0. The number of hydrogen-bond donors (Lipinski definition) is 0. The van der Waals surface area contributed by atoms with Crippen molar-refractivity contribution in [3.05, 3.63) is 12.2 Å². The zero-order valence-electron chi connectivity index (χ0n) is 18.1. The van der Waals surface area contributed by atoms with Crippen molar-refractivity contribution >= 4 is 17.7 Å². The van der Waals surface area contributed by atoms with Crippen LogP contribution in [0.5, 0.6) is 0 Å². The molecule has 4 saturated carbocycles. The number of esters is 2. The standard InChI is InChI=1S/C23H32O7/c1-13(2)21(26)27-12-18-7-17(28-22(3,4)29-18)8-19(24)30-23-9-14-5-15(10-23)20(25)16(6-14)11-23/h14-18H,1,5-12H2,2-4H3. The van der Waals surface area contributed by atoms with Crippen LogP contribution in [0, 0.1) is 17.8 Å². The lowest BCUT2D eigenvalue weighted by atomic mass is 9.53. The van der Waals surface area contributed by atoms with Gasteiger partial charge in [-0.3, -0.25) is 9.59 Å². The molecule has 4 atom stereocenters. The van der Waals surface area contributed by atoms with Gasteiger partial charge in [-0.05, 0) is 58.8 Å². The normalized spacial score (nSPS) is 38.9. The third-order valence-electron chi connectivity index (χ3n) is 6.84. The fourth-order valence-electron chi connectivity index (χ4n) is 6.01. The van der Waals surface area contributed by atoms with Crippen LogP contribution in [0.15, 0.2) is 12.2 Å². The third kappa shape index (κ3) is 4.47. The Morgan fingerprint density at radius 3 is 2.33 bits per heavy atom. The molecule has 1 saturated heterocycles. The van der Waals surface area contributed by atoms with E-state index in [-0.39, 0.29) is 43.0 Å². The van der Waals surface area contributed by atoms with E-state index in [2.05, 4.69) is 6.58 Å². The molecular formula is C23H32O7. The van der Waals surface area contributed by atoms with Gasteiger partial charge in [0.2, 0.25) is 0 Å². The van der Waals surface area contributed by atoms with Gasteiger partial charge in [-0.2, -0.15) is 0 Å². The summed E-state index contributed by atoms with van der Waals surface area (Å²) in [4.78, 5) is 36.9. The highest BCUT2D eigenvalue weighted by Gasteiger charge is 2.57. The molecule has 0 aromatic rings. The van der Waals surface area contributed by atoms with Gasteiger partial charge in [0.25, 0.3) is 0 Å². The predicted octanol–water partition coefficient (Wildman–Crippen LogP) is 3.10. The molecular weight excluding hydrogens is 388 g/mol. The van der Waals surface area contributed by atoms with E-state index in [1.54, 1.807) is 20.8 Å². The molecule has 166 valence electrons. The Bertz CT molecular complexity index is 737. The first-order chi connectivity index (χ1) is 14.0. The monoisotopic (exact) mass is 420 g/mol. The van der Waals surface area contributed by atoms with Crippen molar-refractivity contribution in [2.24, 2.45) is 17.8 Å². The number of hydrogen-bond acceptors (Lipinski definition) is 7. The van der Waals surface area contributed by atoms with E-state index in [4.69, 9.17) is 18.9 Å². The Morgan fingerprint density at radius 2 is 1.70 bits per heavy atom. The predicted molar refractivity (Wildman–Crippen MR) is 106 cm³/mol. The summed E-state index contributed by atoms with van der Waals surface area (Å²) in [6, 6.07) is 0. The minimum Gasteiger partial charge on any atom is -0.460 e. The van der Waals surface area contributed by atoms with Gasteiger partial charge in [0.15, 0.2) is 5.79 Å². The average molecular weight is 421 g/mol. The molecule has 1 heterocycles. The molecule has 0 aromatic carbocycles. The van der Waals surface area contributed by atoms with Crippen LogP contribution in [0.3, 0.4) is 0 Å². The lowest BCUT2D eigenvalue weighted by Crippen LogP contribution is -2.57. The molecule has 4 unspecified atom stereocenters. The fourth-order valence-corrected chi connectivity index (χ4v) is 6.01. The highest BCUT2D eigenvalue weighted by atomic mass is 16.7. The average Bonchev–Trinajstić information content (AvgIpc) is 2.61. The number of carbonyl (C=O) groups is 3. The molecule has 7 heteroatoms. The second-order valence-corrected chi connectivity index (χ2v) is 10.1. The Hall–Kier alpha value is -1.73. The Morgan fingerprint density at radius 1 is 1.07 bits per heavy atom. The molecule has 7 nitrogen and oxygen atoms in total. The van der Waals surface area contributed by atoms with Gasteiger partial charge >= 0.3 is 11.9 Å². The van der Waals surface area contributed by atoms with Crippen LogP contribution in [-0.4, -0.2) is 47.9 Å². The molecule has 5 aliphatic rings. The largest absolute Gasteiger partial charge is 0.460 e. The summed E-state index contributed by atoms with van der Waals surface area (Å²) in [5, 5.41) is 0. The molecule has 5 rings (SSSR count). The van der Waals surface area contributed by atoms with Gasteiger partial charge in [-0.15, -0.1) is 0 Å². The highest BCUT2D eigenvalue weighted by molar-refractivity contribution is 5.87. The molecule has 4 bridgehead atoms. The van der Waals surface area contributed by atoms with E-state index in [0.29, 0.717) is 36.5 Å². The molecule has 0 aromatic heterocycles. The molecule has 0 N–H and O–H groups in total. The second kappa shape index (κ2) is 7.75. The van der Waals surface area contributed by atoms with Crippen LogP contribution in [0.25, 0.3) is 0 Å². The quantitative estimate of drug-likeness (QED) is 0.482. The summed E-state index contributed by atoms with van der Waals surface area (Å²) in [6.45, 7) is 8.81. The summed E-state index contributed by atoms with van der Waals surface area (Å²) in [5.74, 6) is -0.640. The topological polar surface area (TPSA) is 88.1 Å². The van der Waals surface area contributed by atoms with E-state index < -0.39 is 17.4 Å². The van der Waals surface area contributed by atoms with Gasteiger partial charge in [-0.25, -0.2) is 4.79 Å². The number of ether oxygens (including phenoxy) is 4. The smallest absolute Gasteiger partial charge is 0.333 e. The van der Waals surface area contributed by atoms with Crippen molar-refractivity contribution < 1.29 is 33.3 Å². The van der Waals surface area contributed by atoms with Crippen molar-refractivity contribution in [3.8, 4) is 0 Å². The fraction of sp³-hybridized carbons (Fsp3) is 0.783. The van der Waals surface area contributed by atoms with Crippen LogP contribution >= 0.6 is 0 Å². The zero-order chi connectivity index (χ0) is 21.7. The Kier molecular flexibility index (Phi) is 5.56. The van der Waals surface area contributed by atoms with Crippen LogP contribution < -0.4 is 0 Å². The minimum absolute atomic E-state index is 0.0645. The highest BCUT2D eigenvalue weighted by Crippen LogP contribution is 2.55. The van der Waals surface area contributed by atoms with Crippen LogP contribution in [0.1, 0.15) is 65.7 Å². The van der Waals surface area contributed by atoms with E-state index in [1.807, 2.05) is 0 Å². The summed E-state index contributed by atoms with van der Waals surface area (Å²) in [6.07, 6.45) is 3.92.